The fourth-order valence-electron chi connectivity index (χ4n) is 1.94. The molecule has 0 atom stereocenters. The first-order valence-corrected chi connectivity index (χ1v) is 6.73. The van der Waals surface area contributed by atoms with Crippen LogP contribution < -0.4 is 5.56 Å². The van der Waals surface area contributed by atoms with Crippen molar-refractivity contribution >= 4 is 22.6 Å². The molecule has 0 saturated carbocycles. The maximum absolute atomic E-state index is 12.1. The number of aryl methyl sites for hydroxylation is 1. The van der Waals surface area contributed by atoms with E-state index >= 15 is 0 Å². The second kappa shape index (κ2) is 7.00. The summed E-state index contributed by atoms with van der Waals surface area (Å²) in [6.07, 6.45) is 0. The van der Waals surface area contributed by atoms with E-state index in [1.807, 2.05) is 42.5 Å². The average molecular weight is 443 g/mol. The Morgan fingerprint density at radius 2 is 2.11 bits per heavy atom. The third-order valence-electron chi connectivity index (χ3n) is 2.84. The number of rotatable bonds is 2. The van der Waals surface area contributed by atoms with Crippen molar-refractivity contribution in [2.24, 2.45) is 0 Å². The third-order valence-corrected chi connectivity index (χ3v) is 3.61. The number of phenolic OH excluding ortho intramolecular Hbond substituents is 1. The number of hydrogen-bond acceptors (Lipinski definition) is 2. The van der Waals surface area contributed by atoms with E-state index in [9.17, 15) is 9.90 Å². The molecule has 0 aliphatic carbocycles. The molecule has 3 nitrogen and oxygen atoms in total. The van der Waals surface area contributed by atoms with Crippen LogP contribution in [0, 0.1) is 16.6 Å². The van der Waals surface area contributed by atoms with Gasteiger partial charge >= 0.3 is 0 Å². The van der Waals surface area contributed by atoms with E-state index in [0.717, 1.165) is 16.8 Å². The van der Waals surface area contributed by atoms with E-state index in [-0.39, 0.29) is 44.0 Å². The summed E-state index contributed by atoms with van der Waals surface area (Å²) in [7, 11) is 0. The first-order chi connectivity index (χ1) is 8.54. The Morgan fingerprint density at radius 1 is 1.42 bits per heavy atom. The van der Waals surface area contributed by atoms with Crippen LogP contribution >= 0.6 is 22.6 Å². The van der Waals surface area contributed by atoms with Crippen LogP contribution in [0.2, 0.25) is 0 Å². The van der Waals surface area contributed by atoms with Crippen LogP contribution in [0.1, 0.15) is 12.5 Å². The Morgan fingerprint density at radius 3 is 2.68 bits per heavy atom. The first-order valence-electron chi connectivity index (χ1n) is 5.65. The Labute approximate surface area is 151 Å². The van der Waals surface area contributed by atoms with Gasteiger partial charge in [-0.2, -0.15) is 12.1 Å². The molecule has 0 saturated heterocycles. The second-order valence-electron chi connectivity index (χ2n) is 4.03. The van der Waals surface area contributed by atoms with Crippen molar-refractivity contribution in [2.75, 3.05) is 0 Å². The molecule has 0 fully saturated rings. The van der Waals surface area contributed by atoms with E-state index < -0.39 is 0 Å². The third kappa shape index (κ3) is 3.47. The number of benzene rings is 1. The standard InChI is InChI=1S/C14H13INO2.Y/c1-3-16-13(7-6-12(15)14(16)18)11-5-4-10(17)8-9(11)2;/h4-6,8,17H,3H2,1-2H3;/q-1;. The fraction of sp³-hybridized carbons (Fsp3) is 0.214. The SMILES string of the molecule is CCn1c(-c2ccc(O)cc2C)[c-]cc(I)c1=O.[Y]. The van der Waals surface area contributed by atoms with Crippen molar-refractivity contribution in [1.29, 1.82) is 0 Å². The van der Waals surface area contributed by atoms with E-state index in [1.54, 1.807) is 22.8 Å². The molecule has 2 aromatic rings. The summed E-state index contributed by atoms with van der Waals surface area (Å²) in [5, 5.41) is 9.43. The minimum absolute atomic E-state index is 0. The molecule has 19 heavy (non-hydrogen) atoms. The first kappa shape index (κ1) is 16.9. The number of pyridine rings is 1. The second-order valence-corrected chi connectivity index (χ2v) is 5.20. The van der Waals surface area contributed by atoms with Gasteiger partial charge < -0.3 is 9.67 Å². The number of aromatic nitrogens is 1. The monoisotopic (exact) mass is 443 g/mol. The van der Waals surface area contributed by atoms with Gasteiger partial charge in [0.25, 0.3) is 0 Å². The summed E-state index contributed by atoms with van der Waals surface area (Å²) in [4.78, 5) is 12.1. The largest absolute Gasteiger partial charge is 0.508 e. The smallest absolute Gasteiger partial charge is 0.207 e. The summed E-state index contributed by atoms with van der Waals surface area (Å²) >= 11 is 2.02. The van der Waals surface area contributed by atoms with Gasteiger partial charge in [0.2, 0.25) is 5.56 Å². The summed E-state index contributed by atoms with van der Waals surface area (Å²) in [6, 6.07) is 9.98. The minimum atomic E-state index is -0.000625. The van der Waals surface area contributed by atoms with Crippen LogP contribution in [0.5, 0.6) is 5.75 Å². The molecule has 97 valence electrons. The molecule has 0 aliphatic heterocycles. The van der Waals surface area contributed by atoms with Crippen LogP contribution in [-0.4, -0.2) is 9.67 Å². The van der Waals surface area contributed by atoms with Crippen LogP contribution in [0.25, 0.3) is 11.3 Å². The van der Waals surface area contributed by atoms with E-state index in [4.69, 9.17) is 0 Å². The van der Waals surface area contributed by atoms with Gasteiger partial charge in [0.05, 0.1) is 0 Å². The molecule has 1 radical (unpaired) electrons. The van der Waals surface area contributed by atoms with Crippen molar-refractivity contribution in [1.82, 2.24) is 4.57 Å². The van der Waals surface area contributed by atoms with Crippen LogP contribution in [0.15, 0.2) is 29.1 Å². The van der Waals surface area contributed by atoms with Gasteiger partial charge in [-0.25, -0.2) is 0 Å². The predicted molar refractivity (Wildman–Crippen MR) is 79.8 cm³/mol. The molecule has 1 aromatic heterocycles. The molecule has 5 heteroatoms. The maximum Gasteiger partial charge on any atom is 0.207 e. The van der Waals surface area contributed by atoms with E-state index in [1.165, 1.54) is 0 Å². The Hall–Kier alpha value is -0.196. The normalized spacial score (nSPS) is 10.1. The zero-order chi connectivity index (χ0) is 13.3. The summed E-state index contributed by atoms with van der Waals surface area (Å²) in [5.41, 5.74) is 2.61. The van der Waals surface area contributed by atoms with Crippen LogP contribution in [0.4, 0.5) is 0 Å². The zero-order valence-corrected chi connectivity index (χ0v) is 15.8. The van der Waals surface area contributed by atoms with Gasteiger partial charge in [0.1, 0.15) is 5.75 Å². The minimum Gasteiger partial charge on any atom is -0.508 e. The molecule has 1 heterocycles. The van der Waals surface area contributed by atoms with Gasteiger partial charge in [-0.3, -0.25) is 4.79 Å². The van der Waals surface area contributed by atoms with Crippen molar-refractivity contribution in [3.05, 3.63) is 49.8 Å². The topological polar surface area (TPSA) is 42.2 Å². The molecule has 1 N–H and O–H groups in total. The summed E-state index contributed by atoms with van der Waals surface area (Å²) < 4.78 is 2.36. The van der Waals surface area contributed by atoms with E-state index in [0.29, 0.717) is 10.1 Å². The Balaban J connectivity index is 0.00000180. The number of aromatic hydroxyl groups is 1. The molecule has 1 aromatic carbocycles. The average Bonchev–Trinajstić information content (AvgIpc) is 2.33. The van der Waals surface area contributed by atoms with Crippen molar-refractivity contribution in [3.63, 3.8) is 0 Å². The molecule has 0 aliphatic rings. The van der Waals surface area contributed by atoms with Crippen molar-refractivity contribution in [3.8, 4) is 17.0 Å². The van der Waals surface area contributed by atoms with Crippen molar-refractivity contribution in [2.45, 2.75) is 20.4 Å². The molecule has 2 rings (SSSR count). The number of nitrogens with zero attached hydrogens (tertiary/aromatic N) is 1. The van der Waals surface area contributed by atoms with Gasteiger partial charge in [0.15, 0.2) is 0 Å². The van der Waals surface area contributed by atoms with Gasteiger partial charge in [0, 0.05) is 39.3 Å². The summed E-state index contributed by atoms with van der Waals surface area (Å²) in [5.74, 6) is 0.229. The number of halogens is 1. The maximum atomic E-state index is 12.1. The Bertz CT molecular complexity index is 652. The quantitative estimate of drug-likeness (QED) is 0.574. The Kier molecular flexibility index (Phi) is 6.21. The molecule has 0 amide bonds. The van der Waals surface area contributed by atoms with Gasteiger partial charge in [-0.05, 0) is 22.6 Å². The molecular formula is C14H13INO2Y-. The van der Waals surface area contributed by atoms with Crippen LogP contribution in [0.3, 0.4) is 0 Å². The van der Waals surface area contributed by atoms with Crippen LogP contribution in [-0.2, 0) is 39.3 Å². The molecule has 0 bridgehead atoms. The number of phenols is 1. The van der Waals surface area contributed by atoms with Gasteiger partial charge in [-0.15, -0.1) is 28.7 Å². The zero-order valence-electron chi connectivity index (χ0n) is 10.8. The predicted octanol–water partition coefficient (Wildman–Crippen LogP) is 2.95. The fourth-order valence-corrected chi connectivity index (χ4v) is 2.39. The molecule has 0 unspecified atom stereocenters. The molecular weight excluding hydrogens is 430 g/mol. The summed E-state index contributed by atoms with van der Waals surface area (Å²) in [6.45, 7) is 4.44. The van der Waals surface area contributed by atoms with Crippen molar-refractivity contribution < 1.29 is 37.8 Å². The number of hydrogen-bond donors (Lipinski definition) is 1. The van der Waals surface area contributed by atoms with Gasteiger partial charge in [-0.1, -0.05) is 23.7 Å². The molecule has 0 spiro atoms. The van der Waals surface area contributed by atoms with E-state index in [2.05, 4.69) is 6.07 Å².